The van der Waals surface area contributed by atoms with Crippen molar-refractivity contribution in [2.75, 3.05) is 42.6 Å². The predicted octanol–water partition coefficient (Wildman–Crippen LogP) is -0.400. The van der Waals surface area contributed by atoms with E-state index in [1.807, 2.05) is 9.80 Å². The fourth-order valence-corrected chi connectivity index (χ4v) is 6.87. The fraction of sp³-hybridized carbons (Fsp3) is 0.688. The number of piperazine rings is 1. The Morgan fingerprint density at radius 2 is 1.67 bits per heavy atom. The third-order valence-electron chi connectivity index (χ3n) is 6.14. The van der Waals surface area contributed by atoms with Crippen LogP contribution in [0.1, 0.15) is 0 Å². The van der Waals surface area contributed by atoms with E-state index < -0.39 is 9.84 Å². The van der Waals surface area contributed by atoms with Crippen LogP contribution in [0.5, 0.6) is 0 Å². The van der Waals surface area contributed by atoms with Crippen LogP contribution in [0.3, 0.4) is 0 Å². The maximum atomic E-state index is 13.0. The van der Waals surface area contributed by atoms with Crippen LogP contribution in [0.25, 0.3) is 0 Å². The molecule has 4 aliphatic rings. The summed E-state index contributed by atoms with van der Waals surface area (Å²) < 4.78 is 24.6. The molecule has 0 bridgehead atoms. The number of carbonyl (C=O) groups excluding carboxylic acids is 1. The van der Waals surface area contributed by atoms with Gasteiger partial charge in [-0.3, -0.25) is 4.79 Å². The summed E-state index contributed by atoms with van der Waals surface area (Å²) in [4.78, 5) is 25.4. The van der Waals surface area contributed by atoms with Gasteiger partial charge in [0, 0.05) is 31.4 Å². The van der Waals surface area contributed by atoms with Crippen molar-refractivity contribution in [2.24, 2.45) is 17.8 Å². The number of sulfone groups is 1. The summed E-state index contributed by atoms with van der Waals surface area (Å²) in [6.07, 6.45) is 3.33. The van der Waals surface area contributed by atoms with Gasteiger partial charge in [0.2, 0.25) is 11.9 Å². The number of halogens is 2. The standard InChI is InChI=1S/C16H21N5O3S.2ClH/c22-15(14-10-6-17-7-11(10)14)20-4-5-21(16-18-2-1-3-19-16)13-9-25(23,24)8-12(13)20;;/h1-3,10-14,17H,4-9H2;2*1H/t10-,11+,12-,13+,14?;;/m0../s1. The first-order valence-electron chi connectivity index (χ1n) is 8.80. The minimum absolute atomic E-state index is 0. The number of hydrogen-bond acceptors (Lipinski definition) is 7. The number of piperidine rings is 1. The topological polar surface area (TPSA) is 95.5 Å². The normalized spacial score (nSPS) is 35.5. The molecule has 27 heavy (non-hydrogen) atoms. The fourth-order valence-electron chi connectivity index (χ4n) is 4.89. The van der Waals surface area contributed by atoms with Gasteiger partial charge in [-0.15, -0.1) is 24.8 Å². The van der Waals surface area contributed by atoms with Crippen LogP contribution >= 0.6 is 24.8 Å². The van der Waals surface area contributed by atoms with Crippen LogP contribution in [-0.2, 0) is 14.6 Å². The van der Waals surface area contributed by atoms with Crippen LogP contribution < -0.4 is 10.2 Å². The molecule has 1 aliphatic carbocycles. The van der Waals surface area contributed by atoms with Crippen LogP contribution in [0.4, 0.5) is 5.95 Å². The van der Waals surface area contributed by atoms with Crippen molar-refractivity contribution in [1.29, 1.82) is 0 Å². The molecule has 4 fully saturated rings. The molecule has 1 unspecified atom stereocenters. The van der Waals surface area contributed by atoms with E-state index in [4.69, 9.17) is 0 Å². The zero-order chi connectivity index (χ0) is 17.2. The first-order chi connectivity index (χ1) is 12.1. The molecule has 0 spiro atoms. The quantitative estimate of drug-likeness (QED) is 0.674. The van der Waals surface area contributed by atoms with E-state index in [0.29, 0.717) is 30.9 Å². The highest BCUT2D eigenvalue weighted by Gasteiger charge is 2.60. The van der Waals surface area contributed by atoms with Gasteiger partial charge in [0.05, 0.1) is 23.6 Å². The number of nitrogens with one attached hydrogen (secondary N) is 1. The first kappa shape index (κ1) is 20.6. The summed E-state index contributed by atoms with van der Waals surface area (Å²) in [5, 5.41) is 3.31. The van der Waals surface area contributed by atoms with Gasteiger partial charge in [0.15, 0.2) is 9.84 Å². The molecule has 1 aromatic heterocycles. The van der Waals surface area contributed by atoms with Gasteiger partial charge in [-0.1, -0.05) is 0 Å². The van der Waals surface area contributed by atoms with E-state index in [1.165, 1.54) is 0 Å². The van der Waals surface area contributed by atoms with Crippen molar-refractivity contribution in [3.63, 3.8) is 0 Å². The van der Waals surface area contributed by atoms with Crippen molar-refractivity contribution in [3.05, 3.63) is 18.5 Å². The van der Waals surface area contributed by atoms with Gasteiger partial charge in [0.25, 0.3) is 0 Å². The Labute approximate surface area is 170 Å². The van der Waals surface area contributed by atoms with Crippen molar-refractivity contribution in [2.45, 2.75) is 12.1 Å². The number of aromatic nitrogens is 2. The second kappa shape index (κ2) is 7.35. The zero-order valence-electron chi connectivity index (χ0n) is 14.6. The number of amides is 1. The maximum Gasteiger partial charge on any atom is 0.226 e. The summed E-state index contributed by atoms with van der Waals surface area (Å²) in [6.45, 7) is 2.93. The summed E-state index contributed by atoms with van der Waals surface area (Å²) in [7, 11) is -3.16. The number of nitrogens with zero attached hydrogens (tertiary/aromatic N) is 4. The summed E-state index contributed by atoms with van der Waals surface area (Å²) >= 11 is 0. The lowest BCUT2D eigenvalue weighted by atomic mass is 10.0. The van der Waals surface area contributed by atoms with Crippen LogP contribution in [-0.4, -0.2) is 79.0 Å². The summed E-state index contributed by atoms with van der Waals surface area (Å²) in [5.41, 5.74) is 0. The number of carbonyl (C=O) groups is 1. The second-order valence-corrected chi connectivity index (χ2v) is 9.65. The molecule has 3 aliphatic heterocycles. The molecule has 5 rings (SSSR count). The molecule has 1 aromatic rings. The minimum Gasteiger partial charge on any atom is -0.335 e. The Kier molecular flexibility index (Phi) is 5.60. The largest absolute Gasteiger partial charge is 0.335 e. The van der Waals surface area contributed by atoms with Crippen LogP contribution in [0, 0.1) is 17.8 Å². The van der Waals surface area contributed by atoms with Gasteiger partial charge >= 0.3 is 0 Å². The molecular formula is C16H23Cl2N5O3S. The monoisotopic (exact) mass is 435 g/mol. The van der Waals surface area contributed by atoms with Gasteiger partial charge in [0.1, 0.15) is 0 Å². The van der Waals surface area contributed by atoms with Crippen LogP contribution in [0.15, 0.2) is 18.5 Å². The van der Waals surface area contributed by atoms with Gasteiger partial charge in [-0.25, -0.2) is 18.4 Å². The molecule has 4 heterocycles. The molecule has 8 nitrogen and oxygen atoms in total. The number of fused-ring (bicyclic) bond motifs is 2. The third-order valence-corrected chi connectivity index (χ3v) is 7.84. The van der Waals surface area contributed by atoms with E-state index >= 15 is 0 Å². The lowest BCUT2D eigenvalue weighted by Crippen LogP contribution is -2.61. The second-order valence-electron chi connectivity index (χ2n) is 7.50. The molecule has 11 heteroatoms. The SMILES string of the molecule is Cl.Cl.O=C(C1[C@H]2CNC[C@@H]12)N1CCN(c2ncccn2)[C@@H]2CS(=O)(=O)C[C@@H]21. The highest BCUT2D eigenvalue weighted by atomic mass is 35.5. The summed E-state index contributed by atoms with van der Waals surface area (Å²) in [5.74, 6) is 1.79. The van der Waals surface area contributed by atoms with E-state index in [0.717, 1.165) is 13.1 Å². The predicted molar refractivity (Wildman–Crippen MR) is 105 cm³/mol. The lowest BCUT2D eigenvalue weighted by molar-refractivity contribution is -0.136. The highest BCUT2D eigenvalue weighted by molar-refractivity contribution is 7.91. The molecule has 0 radical (unpaired) electrons. The molecule has 0 aromatic carbocycles. The Bertz CT molecular complexity index is 802. The van der Waals surface area contributed by atoms with E-state index in [9.17, 15) is 13.2 Å². The molecule has 1 amide bonds. The zero-order valence-corrected chi connectivity index (χ0v) is 17.0. The number of anilines is 1. The minimum atomic E-state index is -3.16. The molecule has 150 valence electrons. The lowest BCUT2D eigenvalue weighted by Gasteiger charge is -2.44. The Morgan fingerprint density at radius 1 is 1.04 bits per heavy atom. The van der Waals surface area contributed by atoms with Crippen molar-refractivity contribution < 1.29 is 13.2 Å². The maximum absolute atomic E-state index is 13.0. The number of rotatable bonds is 2. The average molecular weight is 436 g/mol. The van der Waals surface area contributed by atoms with Crippen molar-refractivity contribution in [3.8, 4) is 0 Å². The first-order valence-corrected chi connectivity index (χ1v) is 10.6. The third kappa shape index (κ3) is 3.39. The highest BCUT2D eigenvalue weighted by Crippen LogP contribution is 2.50. The average Bonchev–Trinajstić information content (AvgIpc) is 2.91. The van der Waals surface area contributed by atoms with Crippen molar-refractivity contribution in [1.82, 2.24) is 20.2 Å². The summed E-state index contributed by atoms with van der Waals surface area (Å²) in [6, 6.07) is 1.21. The Balaban J connectivity index is 0.00000105. The molecular weight excluding hydrogens is 413 g/mol. The smallest absolute Gasteiger partial charge is 0.226 e. The Morgan fingerprint density at radius 3 is 2.33 bits per heavy atom. The molecule has 5 atom stereocenters. The van der Waals surface area contributed by atoms with Gasteiger partial charge in [-0.05, 0) is 31.0 Å². The van der Waals surface area contributed by atoms with Crippen molar-refractivity contribution >= 4 is 46.5 Å². The van der Waals surface area contributed by atoms with E-state index in [1.54, 1.807) is 18.5 Å². The van der Waals surface area contributed by atoms with E-state index in [2.05, 4.69) is 15.3 Å². The molecule has 1 saturated carbocycles. The van der Waals surface area contributed by atoms with Gasteiger partial charge in [-0.2, -0.15) is 0 Å². The van der Waals surface area contributed by atoms with Crippen LogP contribution in [0.2, 0.25) is 0 Å². The number of hydrogen-bond donors (Lipinski definition) is 1. The molecule has 1 N–H and O–H groups in total. The van der Waals surface area contributed by atoms with E-state index in [-0.39, 0.29) is 60.2 Å². The molecule has 3 saturated heterocycles. The Hall–Kier alpha value is -1.16. The van der Waals surface area contributed by atoms with Gasteiger partial charge < -0.3 is 15.1 Å².